The van der Waals surface area contributed by atoms with Crippen LogP contribution in [0.1, 0.15) is 10.4 Å². The van der Waals surface area contributed by atoms with Crippen molar-refractivity contribution in [1.29, 1.82) is 0 Å². The molecule has 0 bridgehead atoms. The van der Waals surface area contributed by atoms with Gasteiger partial charge in [0.05, 0.1) is 5.02 Å². The number of halogens is 2. The van der Waals surface area contributed by atoms with Gasteiger partial charge < -0.3 is 14.8 Å². The third-order valence-electron chi connectivity index (χ3n) is 3.89. The van der Waals surface area contributed by atoms with Gasteiger partial charge >= 0.3 is 0 Å². The van der Waals surface area contributed by atoms with E-state index in [1.165, 1.54) is 18.2 Å². The molecule has 8 heteroatoms. The number of carbonyl (C=O) groups excluding carboxylic acids is 1. The molecule has 0 unspecified atom stereocenters. The zero-order valence-corrected chi connectivity index (χ0v) is 17.3. The molecule has 0 aliphatic carbocycles. The molecule has 3 rings (SSSR count). The van der Waals surface area contributed by atoms with Gasteiger partial charge in [0.1, 0.15) is 30.5 Å². The van der Waals surface area contributed by atoms with Gasteiger partial charge in [-0.25, -0.2) is 4.39 Å². The third kappa shape index (κ3) is 6.43. The summed E-state index contributed by atoms with van der Waals surface area (Å²) in [6.45, 7) is 0.772. The van der Waals surface area contributed by atoms with Crippen LogP contribution in [0.2, 0.25) is 5.02 Å². The van der Waals surface area contributed by atoms with Crippen molar-refractivity contribution < 1.29 is 18.7 Å². The van der Waals surface area contributed by atoms with E-state index in [-0.39, 0.29) is 16.0 Å². The van der Waals surface area contributed by atoms with Crippen molar-refractivity contribution in [1.82, 2.24) is 5.32 Å². The van der Waals surface area contributed by atoms with Gasteiger partial charge in [0.2, 0.25) is 0 Å². The maximum atomic E-state index is 13.2. The molecule has 3 aromatic carbocycles. The van der Waals surface area contributed by atoms with E-state index in [0.29, 0.717) is 30.2 Å². The SMILES string of the molecule is O=C(NC(=S)Nc1ccc(F)c(Cl)c1)c1ccc(OCCOc2ccccc2)cc1. The Labute approximate surface area is 183 Å². The monoisotopic (exact) mass is 444 g/mol. The second-order valence-electron chi connectivity index (χ2n) is 6.07. The van der Waals surface area contributed by atoms with Crippen LogP contribution >= 0.6 is 23.8 Å². The average Bonchev–Trinajstić information content (AvgIpc) is 2.75. The molecule has 0 aliphatic rings. The van der Waals surface area contributed by atoms with Gasteiger partial charge in [0.25, 0.3) is 5.91 Å². The van der Waals surface area contributed by atoms with Crippen LogP contribution in [-0.4, -0.2) is 24.2 Å². The summed E-state index contributed by atoms with van der Waals surface area (Å²) in [5.74, 6) is 0.469. The van der Waals surface area contributed by atoms with Crippen molar-refractivity contribution >= 4 is 40.5 Å². The zero-order chi connectivity index (χ0) is 21.3. The van der Waals surface area contributed by atoms with Gasteiger partial charge in [-0.15, -0.1) is 0 Å². The second-order valence-corrected chi connectivity index (χ2v) is 6.89. The molecule has 0 spiro atoms. The van der Waals surface area contributed by atoms with Gasteiger partial charge in [-0.3, -0.25) is 10.1 Å². The van der Waals surface area contributed by atoms with Crippen LogP contribution in [0.5, 0.6) is 11.5 Å². The minimum atomic E-state index is -0.536. The van der Waals surface area contributed by atoms with E-state index in [1.807, 2.05) is 30.3 Å². The third-order valence-corrected chi connectivity index (χ3v) is 4.38. The molecule has 154 valence electrons. The molecule has 0 saturated heterocycles. The van der Waals surface area contributed by atoms with Crippen LogP contribution in [0.25, 0.3) is 0 Å². The Morgan fingerprint density at radius 3 is 2.20 bits per heavy atom. The molecule has 0 atom stereocenters. The van der Waals surface area contributed by atoms with Crippen molar-refractivity contribution in [2.24, 2.45) is 0 Å². The van der Waals surface area contributed by atoms with E-state index in [4.69, 9.17) is 33.3 Å². The number of para-hydroxylation sites is 1. The zero-order valence-electron chi connectivity index (χ0n) is 15.7. The van der Waals surface area contributed by atoms with E-state index in [2.05, 4.69) is 10.6 Å². The van der Waals surface area contributed by atoms with Crippen molar-refractivity contribution in [3.63, 3.8) is 0 Å². The number of rotatable bonds is 7. The first kappa shape index (κ1) is 21.5. The smallest absolute Gasteiger partial charge is 0.257 e. The van der Waals surface area contributed by atoms with Gasteiger partial charge in [-0.2, -0.15) is 0 Å². The molecule has 2 N–H and O–H groups in total. The van der Waals surface area contributed by atoms with E-state index in [0.717, 1.165) is 5.75 Å². The lowest BCUT2D eigenvalue weighted by Gasteiger charge is -2.11. The summed E-state index contributed by atoms with van der Waals surface area (Å²) in [6, 6.07) is 20.1. The van der Waals surface area contributed by atoms with E-state index in [1.54, 1.807) is 24.3 Å². The van der Waals surface area contributed by atoms with E-state index < -0.39 is 5.82 Å². The largest absolute Gasteiger partial charge is 0.490 e. The Hall–Kier alpha value is -3.16. The fourth-order valence-electron chi connectivity index (χ4n) is 2.45. The highest BCUT2D eigenvalue weighted by Crippen LogP contribution is 2.19. The molecule has 0 aromatic heterocycles. The predicted molar refractivity (Wildman–Crippen MR) is 119 cm³/mol. The molecule has 5 nitrogen and oxygen atoms in total. The number of ether oxygens (including phenoxy) is 2. The van der Waals surface area contributed by atoms with E-state index >= 15 is 0 Å². The summed E-state index contributed by atoms with van der Waals surface area (Å²) in [4.78, 5) is 12.3. The molecule has 30 heavy (non-hydrogen) atoms. The predicted octanol–water partition coefficient (Wildman–Crippen LogP) is 5.06. The maximum absolute atomic E-state index is 13.2. The van der Waals surface area contributed by atoms with Gasteiger partial charge in [-0.1, -0.05) is 29.8 Å². The molecule has 1 amide bonds. The summed E-state index contributed by atoms with van der Waals surface area (Å²) in [5.41, 5.74) is 0.873. The number of carbonyl (C=O) groups is 1. The van der Waals surface area contributed by atoms with Crippen molar-refractivity contribution in [3.8, 4) is 11.5 Å². The summed E-state index contributed by atoms with van der Waals surface area (Å²) < 4.78 is 24.4. The van der Waals surface area contributed by atoms with Crippen LogP contribution in [0.4, 0.5) is 10.1 Å². The molecule has 0 fully saturated rings. The standard InChI is InChI=1S/C22H18ClFN2O3S/c23-19-14-16(8-11-20(19)24)25-22(30)26-21(27)15-6-9-18(10-7-15)29-13-12-28-17-4-2-1-3-5-17/h1-11,14H,12-13H2,(H2,25,26,27,30). The van der Waals surface area contributed by atoms with Gasteiger partial charge in [-0.05, 0) is 66.8 Å². The number of amides is 1. The molecule has 0 aliphatic heterocycles. The number of hydrogen-bond acceptors (Lipinski definition) is 4. The summed E-state index contributed by atoms with van der Waals surface area (Å²) in [6.07, 6.45) is 0. The number of nitrogens with one attached hydrogen (secondary N) is 2. The van der Waals surface area contributed by atoms with Crippen LogP contribution < -0.4 is 20.1 Å². The summed E-state index contributed by atoms with van der Waals surface area (Å²) >= 11 is 10.8. The highest BCUT2D eigenvalue weighted by molar-refractivity contribution is 7.80. The first-order chi connectivity index (χ1) is 14.5. The Bertz CT molecular complexity index is 1020. The quantitative estimate of drug-likeness (QED) is 0.394. The molecular weight excluding hydrogens is 427 g/mol. The van der Waals surface area contributed by atoms with Crippen molar-refractivity contribution in [3.05, 3.63) is 89.2 Å². The van der Waals surface area contributed by atoms with Crippen molar-refractivity contribution in [2.45, 2.75) is 0 Å². The number of anilines is 1. The lowest BCUT2D eigenvalue weighted by atomic mass is 10.2. The Balaban J connectivity index is 1.44. The summed E-state index contributed by atoms with van der Waals surface area (Å²) in [7, 11) is 0. The Morgan fingerprint density at radius 1 is 0.933 bits per heavy atom. The highest BCUT2D eigenvalue weighted by Gasteiger charge is 2.09. The minimum Gasteiger partial charge on any atom is -0.490 e. The average molecular weight is 445 g/mol. The van der Waals surface area contributed by atoms with Crippen molar-refractivity contribution in [2.75, 3.05) is 18.5 Å². The molecule has 0 saturated carbocycles. The maximum Gasteiger partial charge on any atom is 0.257 e. The van der Waals surface area contributed by atoms with Crippen LogP contribution in [0.15, 0.2) is 72.8 Å². The normalized spacial score (nSPS) is 10.2. The summed E-state index contributed by atoms with van der Waals surface area (Å²) in [5, 5.41) is 5.36. The fourth-order valence-corrected chi connectivity index (χ4v) is 2.84. The molecular formula is C22H18ClFN2O3S. The topological polar surface area (TPSA) is 59.6 Å². The molecule has 3 aromatic rings. The van der Waals surface area contributed by atoms with Gasteiger partial charge in [0, 0.05) is 11.3 Å². The number of benzene rings is 3. The molecule has 0 heterocycles. The van der Waals surface area contributed by atoms with Crippen LogP contribution in [-0.2, 0) is 0 Å². The van der Waals surface area contributed by atoms with Gasteiger partial charge in [0.15, 0.2) is 5.11 Å². The highest BCUT2D eigenvalue weighted by atomic mass is 35.5. The van der Waals surface area contributed by atoms with E-state index in [9.17, 15) is 9.18 Å². The Morgan fingerprint density at radius 2 is 1.57 bits per heavy atom. The Kier molecular flexibility index (Phi) is 7.59. The lowest BCUT2D eigenvalue weighted by molar-refractivity contribution is 0.0977. The first-order valence-electron chi connectivity index (χ1n) is 8.99. The second kappa shape index (κ2) is 10.6. The minimum absolute atomic E-state index is 0.0427. The van der Waals surface area contributed by atoms with Crippen LogP contribution in [0, 0.1) is 5.82 Å². The number of thiocarbonyl (C=S) groups is 1. The first-order valence-corrected chi connectivity index (χ1v) is 9.78. The van der Waals surface area contributed by atoms with Crippen LogP contribution in [0.3, 0.4) is 0 Å². The fraction of sp³-hybridized carbons (Fsp3) is 0.0909. The lowest BCUT2D eigenvalue weighted by Crippen LogP contribution is -2.34. The molecule has 0 radical (unpaired) electrons. The number of hydrogen-bond donors (Lipinski definition) is 2.